The van der Waals surface area contributed by atoms with Crippen molar-refractivity contribution in [1.82, 2.24) is 0 Å². The van der Waals surface area contributed by atoms with Crippen molar-refractivity contribution in [3.8, 4) is 0 Å². The average Bonchev–Trinajstić information content (AvgIpc) is 2.53. The van der Waals surface area contributed by atoms with Crippen molar-refractivity contribution < 1.29 is 20.5 Å². The molecule has 5 nitrogen and oxygen atoms in total. The fourth-order valence-electron chi connectivity index (χ4n) is 1.28. The van der Waals surface area contributed by atoms with Crippen molar-refractivity contribution in [2.75, 3.05) is 18.2 Å². The van der Waals surface area contributed by atoms with Gasteiger partial charge in [0.2, 0.25) is 0 Å². The Kier molecular flexibility index (Phi) is 11.0. The van der Waals surface area contributed by atoms with Crippen LogP contribution >= 0.6 is 11.8 Å². The fourth-order valence-corrected chi connectivity index (χ4v) is 1.49. The summed E-state index contributed by atoms with van der Waals surface area (Å²) >= 11 is 1.64. The highest BCUT2D eigenvalue weighted by atomic mass is 32.2. The molecule has 1 aromatic rings. The number of anilines is 1. The highest BCUT2D eigenvalue weighted by molar-refractivity contribution is 7.99. The predicted molar refractivity (Wildman–Crippen MR) is 93.3 cm³/mol. The van der Waals surface area contributed by atoms with E-state index in [1.165, 1.54) is 6.92 Å². The zero-order valence-electron chi connectivity index (χ0n) is 13.8. The first-order valence-corrected chi connectivity index (χ1v) is 8.49. The van der Waals surface area contributed by atoms with E-state index in [0.29, 0.717) is 12.3 Å². The van der Waals surface area contributed by atoms with Gasteiger partial charge < -0.3 is 9.47 Å². The Hall–Kier alpha value is -1.69. The Morgan fingerprint density at radius 2 is 1.82 bits per heavy atom. The molecule has 6 heteroatoms. The van der Waals surface area contributed by atoms with Crippen LogP contribution in [-0.2, 0) is 20.9 Å². The first-order chi connectivity index (χ1) is 10.5. The average molecular weight is 329 g/mol. The van der Waals surface area contributed by atoms with E-state index in [0.717, 1.165) is 5.56 Å². The highest BCUT2D eigenvalue weighted by Gasteiger charge is 2.06. The van der Waals surface area contributed by atoms with Crippen LogP contribution in [0.15, 0.2) is 24.3 Å². The van der Waals surface area contributed by atoms with E-state index in [1.54, 1.807) is 36.0 Å². The molecule has 0 saturated carbocycles. The third kappa shape index (κ3) is 9.28. The number of nitrogens with one attached hydrogen (secondary N) is 1. The molecular formula is C16H27NO4S. The standard InChI is InChI=1S/C14H19NO4S.C2H6.H2/c1-10(20-3)8-19-14(17)15-13-6-4-12(5-7-13)9-18-11(2)16;1-2;/h4-7,10H,8-9H2,1-3H3,(H,15,17);1-2H3;1H. The number of esters is 1. The van der Waals surface area contributed by atoms with Gasteiger partial charge in [0.15, 0.2) is 0 Å². The smallest absolute Gasteiger partial charge is 0.411 e. The maximum Gasteiger partial charge on any atom is 0.411 e. The van der Waals surface area contributed by atoms with Crippen LogP contribution in [0.1, 0.15) is 34.7 Å². The van der Waals surface area contributed by atoms with Crippen LogP contribution < -0.4 is 5.32 Å². The van der Waals surface area contributed by atoms with E-state index in [-0.39, 0.29) is 19.3 Å². The van der Waals surface area contributed by atoms with Crippen molar-refractivity contribution in [3.05, 3.63) is 29.8 Å². The number of carbonyl (C=O) groups excluding carboxylic acids is 2. The summed E-state index contributed by atoms with van der Waals surface area (Å²) in [4.78, 5) is 22.2. The van der Waals surface area contributed by atoms with Crippen LogP contribution in [0.2, 0.25) is 0 Å². The first-order valence-electron chi connectivity index (χ1n) is 7.20. The number of amides is 1. The first kappa shape index (κ1) is 20.3. The summed E-state index contributed by atoms with van der Waals surface area (Å²) in [6.07, 6.45) is 1.49. The Morgan fingerprint density at radius 1 is 1.23 bits per heavy atom. The van der Waals surface area contributed by atoms with Gasteiger partial charge in [0.25, 0.3) is 0 Å². The number of benzene rings is 1. The lowest BCUT2D eigenvalue weighted by molar-refractivity contribution is -0.142. The van der Waals surface area contributed by atoms with E-state index in [2.05, 4.69) is 5.32 Å². The number of ether oxygens (including phenoxy) is 2. The largest absolute Gasteiger partial charge is 0.461 e. The fraction of sp³-hybridized carbons (Fsp3) is 0.500. The number of hydrogen-bond donors (Lipinski definition) is 1. The molecule has 126 valence electrons. The molecule has 0 aliphatic heterocycles. The van der Waals surface area contributed by atoms with Gasteiger partial charge in [-0.2, -0.15) is 11.8 Å². The summed E-state index contributed by atoms with van der Waals surface area (Å²) in [6.45, 7) is 7.95. The molecule has 0 aliphatic rings. The monoisotopic (exact) mass is 329 g/mol. The number of thioether (sulfide) groups is 1. The van der Waals surface area contributed by atoms with E-state index >= 15 is 0 Å². The topological polar surface area (TPSA) is 64.6 Å². The van der Waals surface area contributed by atoms with Crippen molar-refractivity contribution >= 4 is 29.5 Å². The van der Waals surface area contributed by atoms with Crippen LogP contribution in [0.5, 0.6) is 0 Å². The van der Waals surface area contributed by atoms with E-state index in [4.69, 9.17) is 9.47 Å². The van der Waals surface area contributed by atoms with Gasteiger partial charge in [0, 0.05) is 19.3 Å². The van der Waals surface area contributed by atoms with Crippen molar-refractivity contribution in [1.29, 1.82) is 0 Å². The quantitative estimate of drug-likeness (QED) is 0.787. The Balaban J connectivity index is 0. The molecule has 0 heterocycles. The predicted octanol–water partition coefficient (Wildman–Crippen LogP) is 4.32. The normalized spacial score (nSPS) is 10.8. The summed E-state index contributed by atoms with van der Waals surface area (Å²) in [6, 6.07) is 7.03. The summed E-state index contributed by atoms with van der Waals surface area (Å²) in [7, 11) is 0. The number of rotatable bonds is 6. The highest BCUT2D eigenvalue weighted by Crippen LogP contribution is 2.11. The molecular weight excluding hydrogens is 302 g/mol. The Morgan fingerprint density at radius 3 is 2.32 bits per heavy atom. The van der Waals surface area contributed by atoms with Gasteiger partial charge >= 0.3 is 12.1 Å². The number of carbonyl (C=O) groups is 2. The minimum Gasteiger partial charge on any atom is -0.461 e. The van der Waals surface area contributed by atoms with Crippen LogP contribution in [0.3, 0.4) is 0 Å². The second-order valence-corrected chi connectivity index (χ2v) is 5.52. The van der Waals surface area contributed by atoms with Crippen molar-refractivity contribution in [3.63, 3.8) is 0 Å². The second-order valence-electron chi connectivity index (χ2n) is 4.25. The summed E-state index contributed by atoms with van der Waals surface area (Å²) in [5.74, 6) is -0.321. The molecule has 1 rings (SSSR count). The third-order valence-corrected chi connectivity index (χ3v) is 3.43. The van der Waals surface area contributed by atoms with Crippen molar-refractivity contribution in [2.24, 2.45) is 0 Å². The van der Waals surface area contributed by atoms with Crippen LogP contribution in [0.25, 0.3) is 0 Å². The molecule has 0 spiro atoms. The molecule has 1 N–H and O–H groups in total. The van der Waals surface area contributed by atoms with Crippen LogP contribution in [0, 0.1) is 0 Å². The van der Waals surface area contributed by atoms with E-state index in [1.807, 2.05) is 27.0 Å². The minimum atomic E-state index is -0.473. The zero-order valence-corrected chi connectivity index (χ0v) is 14.7. The van der Waals surface area contributed by atoms with Gasteiger partial charge in [-0.3, -0.25) is 10.1 Å². The van der Waals surface area contributed by atoms with Gasteiger partial charge in [0.1, 0.15) is 13.2 Å². The van der Waals surface area contributed by atoms with Gasteiger partial charge in [-0.15, -0.1) is 0 Å². The lowest BCUT2D eigenvalue weighted by Crippen LogP contribution is -2.18. The van der Waals surface area contributed by atoms with Crippen LogP contribution in [0.4, 0.5) is 10.5 Å². The molecule has 0 fully saturated rings. The SMILES string of the molecule is CC.CSC(C)COC(=O)Nc1ccc(COC(C)=O)cc1.[HH]. The lowest BCUT2D eigenvalue weighted by atomic mass is 10.2. The molecule has 22 heavy (non-hydrogen) atoms. The minimum absolute atomic E-state index is 0. The molecule has 1 amide bonds. The molecule has 0 bridgehead atoms. The molecule has 0 aromatic heterocycles. The van der Waals surface area contributed by atoms with E-state index < -0.39 is 6.09 Å². The summed E-state index contributed by atoms with van der Waals surface area (Å²) < 4.78 is 9.94. The molecule has 0 saturated heterocycles. The molecule has 1 atom stereocenters. The summed E-state index contributed by atoms with van der Waals surface area (Å²) in [5, 5.41) is 2.91. The van der Waals surface area contributed by atoms with Gasteiger partial charge in [-0.05, 0) is 24.0 Å². The molecule has 1 unspecified atom stereocenters. The van der Waals surface area contributed by atoms with Gasteiger partial charge in [-0.1, -0.05) is 32.9 Å². The maximum absolute atomic E-state index is 11.5. The molecule has 0 aliphatic carbocycles. The molecule has 0 radical (unpaired) electrons. The van der Waals surface area contributed by atoms with Crippen LogP contribution in [-0.4, -0.2) is 30.2 Å². The van der Waals surface area contributed by atoms with Gasteiger partial charge in [0.05, 0.1) is 0 Å². The lowest BCUT2D eigenvalue weighted by Gasteiger charge is -2.10. The van der Waals surface area contributed by atoms with Gasteiger partial charge in [-0.25, -0.2) is 4.79 Å². The third-order valence-electron chi connectivity index (χ3n) is 2.49. The Bertz CT molecular complexity index is 454. The second kappa shape index (κ2) is 11.9. The maximum atomic E-state index is 11.5. The summed E-state index contributed by atoms with van der Waals surface area (Å²) in [5.41, 5.74) is 1.49. The zero-order chi connectivity index (χ0) is 17.0. The number of hydrogen-bond acceptors (Lipinski definition) is 5. The Labute approximate surface area is 138 Å². The molecule has 1 aromatic carbocycles. The van der Waals surface area contributed by atoms with Crippen molar-refractivity contribution in [2.45, 2.75) is 39.6 Å². The van der Waals surface area contributed by atoms with E-state index in [9.17, 15) is 9.59 Å².